The Labute approximate surface area is 112 Å². The van der Waals surface area contributed by atoms with Gasteiger partial charge in [0.2, 0.25) is 0 Å². The normalized spacial score (nSPS) is 12.4. The summed E-state index contributed by atoms with van der Waals surface area (Å²) in [5, 5.41) is 3.96. The van der Waals surface area contributed by atoms with Crippen LogP contribution < -0.4 is 10.1 Å². The molecule has 1 unspecified atom stereocenters. The van der Waals surface area contributed by atoms with E-state index in [1.807, 2.05) is 31.3 Å². The summed E-state index contributed by atoms with van der Waals surface area (Å²) >= 11 is 5.97. The van der Waals surface area contributed by atoms with E-state index in [9.17, 15) is 0 Å². The van der Waals surface area contributed by atoms with E-state index >= 15 is 0 Å². The molecule has 0 spiro atoms. The first-order valence-electron chi connectivity index (χ1n) is 5.76. The highest BCUT2D eigenvalue weighted by molar-refractivity contribution is 6.30. The predicted octanol–water partition coefficient (Wildman–Crippen LogP) is 3.44. The molecule has 18 heavy (non-hydrogen) atoms. The molecule has 0 fully saturated rings. The zero-order valence-electron chi connectivity index (χ0n) is 10.4. The Bertz CT molecular complexity index is 497. The molecule has 0 saturated heterocycles. The first-order chi connectivity index (χ1) is 8.74. The summed E-state index contributed by atoms with van der Waals surface area (Å²) in [5.74, 6) is 0.797. The monoisotopic (exact) mass is 265 g/mol. The predicted molar refractivity (Wildman–Crippen MR) is 72.2 cm³/mol. The lowest BCUT2D eigenvalue weighted by molar-refractivity contribution is 0.401. The summed E-state index contributed by atoms with van der Waals surface area (Å²) in [4.78, 5) is 0. The zero-order chi connectivity index (χ0) is 13.0. The lowest BCUT2D eigenvalue weighted by Crippen LogP contribution is -2.19. The quantitative estimate of drug-likeness (QED) is 0.899. The number of rotatable bonds is 5. The number of hydrogen-bond acceptors (Lipinski definition) is 3. The van der Waals surface area contributed by atoms with Crippen molar-refractivity contribution in [2.45, 2.75) is 12.5 Å². The van der Waals surface area contributed by atoms with Crippen LogP contribution >= 0.6 is 11.6 Å². The SMILES string of the molecule is CNC(Cc1ccoc1)c1ccc(Cl)cc1OC. The Hall–Kier alpha value is -1.45. The number of methoxy groups -OCH3 is 1. The molecule has 2 aromatic rings. The first kappa shape index (κ1) is 13.0. The van der Waals surface area contributed by atoms with Crippen molar-refractivity contribution in [2.75, 3.05) is 14.2 Å². The molecule has 1 aromatic heterocycles. The standard InChI is InChI=1S/C14H16ClNO2/c1-16-13(7-10-5-6-18-9-10)12-4-3-11(15)8-14(12)17-2/h3-6,8-9,13,16H,7H2,1-2H3. The Morgan fingerprint density at radius 2 is 2.22 bits per heavy atom. The van der Waals surface area contributed by atoms with Crippen molar-refractivity contribution in [1.29, 1.82) is 0 Å². The van der Waals surface area contributed by atoms with Gasteiger partial charge in [0.05, 0.1) is 19.6 Å². The van der Waals surface area contributed by atoms with Gasteiger partial charge in [0.15, 0.2) is 0 Å². The first-order valence-corrected chi connectivity index (χ1v) is 6.14. The Morgan fingerprint density at radius 3 is 2.83 bits per heavy atom. The minimum Gasteiger partial charge on any atom is -0.496 e. The van der Waals surface area contributed by atoms with Crippen molar-refractivity contribution < 1.29 is 9.15 Å². The van der Waals surface area contributed by atoms with Crippen LogP contribution in [-0.4, -0.2) is 14.2 Å². The van der Waals surface area contributed by atoms with Gasteiger partial charge < -0.3 is 14.5 Å². The van der Waals surface area contributed by atoms with Gasteiger partial charge in [-0.15, -0.1) is 0 Å². The van der Waals surface area contributed by atoms with E-state index in [0.29, 0.717) is 5.02 Å². The van der Waals surface area contributed by atoms with Crippen molar-refractivity contribution in [3.8, 4) is 5.75 Å². The Balaban J connectivity index is 2.26. The van der Waals surface area contributed by atoms with Crippen molar-refractivity contribution >= 4 is 11.6 Å². The minimum atomic E-state index is 0.162. The molecule has 0 aliphatic rings. The maximum absolute atomic E-state index is 5.97. The molecule has 3 nitrogen and oxygen atoms in total. The van der Waals surface area contributed by atoms with Crippen LogP contribution in [0.5, 0.6) is 5.75 Å². The molecule has 0 amide bonds. The van der Waals surface area contributed by atoms with E-state index in [1.54, 1.807) is 19.6 Å². The fourth-order valence-electron chi connectivity index (χ4n) is 1.98. The molecule has 0 radical (unpaired) electrons. The fourth-order valence-corrected chi connectivity index (χ4v) is 2.15. The van der Waals surface area contributed by atoms with Gasteiger partial charge in [-0.05, 0) is 37.2 Å². The number of hydrogen-bond donors (Lipinski definition) is 1. The summed E-state index contributed by atoms with van der Waals surface area (Å²) in [6.45, 7) is 0. The van der Waals surface area contributed by atoms with Crippen LogP contribution in [0.4, 0.5) is 0 Å². The van der Waals surface area contributed by atoms with Crippen LogP contribution in [0.1, 0.15) is 17.2 Å². The van der Waals surface area contributed by atoms with Gasteiger partial charge in [-0.1, -0.05) is 17.7 Å². The number of nitrogens with one attached hydrogen (secondary N) is 1. The molecule has 0 saturated carbocycles. The van der Waals surface area contributed by atoms with Gasteiger partial charge in [-0.3, -0.25) is 0 Å². The second-order valence-corrected chi connectivity index (χ2v) is 4.50. The molecular formula is C14H16ClNO2. The summed E-state index contributed by atoms with van der Waals surface area (Å²) in [6, 6.07) is 7.82. The highest BCUT2D eigenvalue weighted by Gasteiger charge is 2.15. The smallest absolute Gasteiger partial charge is 0.125 e. The number of halogens is 1. The van der Waals surface area contributed by atoms with Gasteiger partial charge in [-0.25, -0.2) is 0 Å². The minimum absolute atomic E-state index is 0.162. The average Bonchev–Trinajstić information content (AvgIpc) is 2.89. The maximum Gasteiger partial charge on any atom is 0.125 e. The van der Waals surface area contributed by atoms with Gasteiger partial charge in [0.25, 0.3) is 0 Å². The van der Waals surface area contributed by atoms with Crippen LogP contribution in [0.2, 0.25) is 5.02 Å². The average molecular weight is 266 g/mol. The lowest BCUT2D eigenvalue weighted by Gasteiger charge is -2.19. The van der Waals surface area contributed by atoms with Crippen LogP contribution in [0.15, 0.2) is 41.2 Å². The van der Waals surface area contributed by atoms with Crippen LogP contribution in [0.3, 0.4) is 0 Å². The van der Waals surface area contributed by atoms with E-state index in [4.69, 9.17) is 20.8 Å². The van der Waals surface area contributed by atoms with E-state index < -0.39 is 0 Å². The summed E-state index contributed by atoms with van der Waals surface area (Å²) in [7, 11) is 3.58. The van der Waals surface area contributed by atoms with Gasteiger partial charge in [-0.2, -0.15) is 0 Å². The van der Waals surface area contributed by atoms with Crippen molar-refractivity contribution in [1.82, 2.24) is 5.32 Å². The topological polar surface area (TPSA) is 34.4 Å². The highest BCUT2D eigenvalue weighted by Crippen LogP contribution is 2.30. The molecule has 1 heterocycles. The molecule has 1 N–H and O–H groups in total. The second kappa shape index (κ2) is 5.94. The summed E-state index contributed by atoms with van der Waals surface area (Å²) < 4.78 is 10.5. The molecule has 1 atom stereocenters. The largest absolute Gasteiger partial charge is 0.496 e. The van der Waals surface area contributed by atoms with Gasteiger partial charge in [0.1, 0.15) is 5.75 Å². The van der Waals surface area contributed by atoms with Crippen molar-refractivity contribution in [3.05, 3.63) is 52.9 Å². The third-order valence-corrected chi connectivity index (χ3v) is 3.17. The Kier molecular flexibility index (Phi) is 4.28. The fraction of sp³-hybridized carbons (Fsp3) is 0.286. The van der Waals surface area contributed by atoms with E-state index in [-0.39, 0.29) is 6.04 Å². The van der Waals surface area contributed by atoms with E-state index in [0.717, 1.165) is 23.3 Å². The van der Waals surface area contributed by atoms with Crippen LogP contribution in [-0.2, 0) is 6.42 Å². The van der Waals surface area contributed by atoms with E-state index in [1.165, 1.54) is 0 Å². The third kappa shape index (κ3) is 2.86. The lowest BCUT2D eigenvalue weighted by atomic mass is 10.00. The second-order valence-electron chi connectivity index (χ2n) is 4.06. The highest BCUT2D eigenvalue weighted by atomic mass is 35.5. The molecule has 0 bridgehead atoms. The number of benzene rings is 1. The van der Waals surface area contributed by atoms with Crippen LogP contribution in [0, 0.1) is 0 Å². The van der Waals surface area contributed by atoms with E-state index in [2.05, 4.69) is 5.32 Å². The maximum atomic E-state index is 5.97. The van der Waals surface area contributed by atoms with Crippen molar-refractivity contribution in [2.24, 2.45) is 0 Å². The molecular weight excluding hydrogens is 250 g/mol. The molecule has 0 aliphatic carbocycles. The number of ether oxygens (including phenoxy) is 1. The Morgan fingerprint density at radius 1 is 1.39 bits per heavy atom. The summed E-state index contributed by atoms with van der Waals surface area (Å²) in [6.07, 6.45) is 4.28. The third-order valence-electron chi connectivity index (χ3n) is 2.94. The molecule has 2 rings (SSSR count). The van der Waals surface area contributed by atoms with Gasteiger partial charge >= 0.3 is 0 Å². The van der Waals surface area contributed by atoms with Crippen LogP contribution in [0.25, 0.3) is 0 Å². The zero-order valence-corrected chi connectivity index (χ0v) is 11.2. The summed E-state index contributed by atoms with van der Waals surface area (Å²) in [5.41, 5.74) is 2.23. The van der Waals surface area contributed by atoms with Gasteiger partial charge in [0, 0.05) is 16.6 Å². The number of likely N-dealkylation sites (N-methyl/N-ethyl adjacent to an activating group) is 1. The molecule has 1 aromatic carbocycles. The molecule has 96 valence electrons. The molecule has 0 aliphatic heterocycles. The van der Waals surface area contributed by atoms with Crippen molar-refractivity contribution in [3.63, 3.8) is 0 Å². The molecule has 4 heteroatoms. The number of furan rings is 1.